The Bertz CT molecular complexity index is 498. The van der Waals surface area contributed by atoms with Crippen molar-refractivity contribution >= 4 is 0 Å². The lowest BCUT2D eigenvalue weighted by Gasteiger charge is -1.96. The molecule has 0 radical (unpaired) electrons. The Morgan fingerprint density at radius 3 is 3.06 bits per heavy atom. The van der Waals surface area contributed by atoms with Gasteiger partial charge in [-0.1, -0.05) is 24.2 Å². The van der Waals surface area contributed by atoms with Crippen molar-refractivity contribution in [3.05, 3.63) is 47.4 Å². The summed E-state index contributed by atoms with van der Waals surface area (Å²) >= 11 is 0. The summed E-state index contributed by atoms with van der Waals surface area (Å²) in [6, 6.07) is 6.42. The Hall–Kier alpha value is -1.75. The lowest BCUT2D eigenvalue weighted by molar-refractivity contribution is 0.372. The molecule has 2 aromatic rings. The minimum Gasteiger partial charge on any atom is -0.339 e. The summed E-state index contributed by atoms with van der Waals surface area (Å²) in [5.74, 6) is 0.956. The van der Waals surface area contributed by atoms with Gasteiger partial charge in [-0.2, -0.15) is 4.98 Å². The van der Waals surface area contributed by atoms with Gasteiger partial charge in [-0.05, 0) is 24.2 Å². The van der Waals surface area contributed by atoms with Crippen molar-refractivity contribution in [1.82, 2.24) is 15.5 Å². The van der Waals surface area contributed by atoms with E-state index in [0.717, 1.165) is 18.7 Å². The van der Waals surface area contributed by atoms with E-state index in [-0.39, 0.29) is 5.82 Å². The number of likely N-dealkylation sites (N-methyl/N-ethyl adjacent to an activating group) is 1. The first-order valence-corrected chi connectivity index (χ1v) is 6.04. The number of benzene rings is 1. The molecule has 0 aliphatic rings. The van der Waals surface area contributed by atoms with E-state index >= 15 is 0 Å². The lowest BCUT2D eigenvalue weighted by atomic mass is 10.1. The molecule has 18 heavy (non-hydrogen) atoms. The number of rotatable bonds is 6. The van der Waals surface area contributed by atoms with Crippen LogP contribution in [0.15, 0.2) is 28.8 Å². The zero-order valence-corrected chi connectivity index (χ0v) is 10.3. The van der Waals surface area contributed by atoms with E-state index in [1.54, 1.807) is 6.07 Å². The van der Waals surface area contributed by atoms with Crippen molar-refractivity contribution in [3.8, 4) is 0 Å². The van der Waals surface area contributed by atoms with Gasteiger partial charge in [-0.15, -0.1) is 0 Å². The van der Waals surface area contributed by atoms with Crippen LogP contribution >= 0.6 is 0 Å². The average Bonchev–Trinajstić information content (AvgIpc) is 2.77. The Balaban J connectivity index is 1.94. The molecule has 4 nitrogen and oxygen atoms in total. The Morgan fingerprint density at radius 1 is 1.39 bits per heavy atom. The summed E-state index contributed by atoms with van der Waals surface area (Å²) < 4.78 is 18.1. The van der Waals surface area contributed by atoms with Gasteiger partial charge in [0.15, 0.2) is 5.82 Å². The van der Waals surface area contributed by atoms with Gasteiger partial charge < -0.3 is 9.84 Å². The van der Waals surface area contributed by atoms with E-state index in [2.05, 4.69) is 15.5 Å². The normalized spacial score (nSPS) is 10.8. The second-order valence-electron chi connectivity index (χ2n) is 4.01. The van der Waals surface area contributed by atoms with Gasteiger partial charge in [0.05, 0.1) is 0 Å². The SMILES string of the molecule is CCNCCc1nc(Cc2cccc(F)c2)no1. The zero-order valence-electron chi connectivity index (χ0n) is 10.3. The summed E-state index contributed by atoms with van der Waals surface area (Å²) in [6.07, 6.45) is 1.20. The van der Waals surface area contributed by atoms with Gasteiger partial charge in [0.1, 0.15) is 5.82 Å². The molecule has 0 aliphatic carbocycles. The predicted molar refractivity (Wildman–Crippen MR) is 65.8 cm³/mol. The zero-order chi connectivity index (χ0) is 12.8. The Morgan fingerprint density at radius 2 is 2.28 bits per heavy atom. The molecule has 0 amide bonds. The molecule has 0 aliphatic heterocycles. The van der Waals surface area contributed by atoms with Gasteiger partial charge in [-0.3, -0.25) is 0 Å². The maximum atomic E-state index is 13.0. The fraction of sp³-hybridized carbons (Fsp3) is 0.385. The van der Waals surface area contributed by atoms with Gasteiger partial charge in [0.25, 0.3) is 0 Å². The molecule has 0 atom stereocenters. The molecule has 1 heterocycles. The van der Waals surface area contributed by atoms with Crippen LogP contribution in [0.5, 0.6) is 0 Å². The first-order chi connectivity index (χ1) is 8.78. The third-order valence-corrected chi connectivity index (χ3v) is 2.53. The number of hydrogen-bond acceptors (Lipinski definition) is 4. The monoisotopic (exact) mass is 249 g/mol. The summed E-state index contributed by atoms with van der Waals surface area (Å²) in [5.41, 5.74) is 0.842. The van der Waals surface area contributed by atoms with Crippen molar-refractivity contribution in [3.63, 3.8) is 0 Å². The van der Waals surface area contributed by atoms with E-state index < -0.39 is 0 Å². The molecular weight excluding hydrogens is 233 g/mol. The highest BCUT2D eigenvalue weighted by atomic mass is 19.1. The molecule has 1 aromatic heterocycles. The van der Waals surface area contributed by atoms with Gasteiger partial charge in [0.2, 0.25) is 5.89 Å². The van der Waals surface area contributed by atoms with Crippen LogP contribution in [-0.2, 0) is 12.8 Å². The van der Waals surface area contributed by atoms with Gasteiger partial charge in [-0.25, -0.2) is 4.39 Å². The molecule has 1 N–H and O–H groups in total. The van der Waals surface area contributed by atoms with Crippen LogP contribution in [0.2, 0.25) is 0 Å². The predicted octanol–water partition coefficient (Wildman–Crippen LogP) is 1.95. The van der Waals surface area contributed by atoms with E-state index in [9.17, 15) is 4.39 Å². The number of nitrogens with one attached hydrogen (secondary N) is 1. The second-order valence-corrected chi connectivity index (χ2v) is 4.01. The van der Waals surface area contributed by atoms with Crippen molar-refractivity contribution < 1.29 is 8.91 Å². The van der Waals surface area contributed by atoms with Gasteiger partial charge in [0, 0.05) is 19.4 Å². The molecule has 0 bridgehead atoms. The summed E-state index contributed by atoms with van der Waals surface area (Å²) in [6.45, 7) is 3.78. The standard InChI is InChI=1S/C13H16FN3O/c1-2-15-7-6-13-16-12(17-18-13)9-10-4-3-5-11(14)8-10/h3-5,8,15H,2,6-7,9H2,1H3. The first-order valence-electron chi connectivity index (χ1n) is 6.04. The third-order valence-electron chi connectivity index (χ3n) is 2.53. The summed E-state index contributed by atoms with van der Waals surface area (Å²) in [7, 11) is 0. The van der Waals surface area contributed by atoms with E-state index in [0.29, 0.717) is 24.6 Å². The van der Waals surface area contributed by atoms with Crippen molar-refractivity contribution in [2.24, 2.45) is 0 Å². The number of hydrogen-bond donors (Lipinski definition) is 1. The quantitative estimate of drug-likeness (QED) is 0.795. The molecule has 5 heteroatoms. The maximum Gasteiger partial charge on any atom is 0.227 e. The molecule has 0 spiro atoms. The molecule has 0 unspecified atom stereocenters. The van der Waals surface area contributed by atoms with Crippen LogP contribution in [0.4, 0.5) is 4.39 Å². The lowest BCUT2D eigenvalue weighted by Crippen LogP contribution is -2.16. The summed E-state index contributed by atoms with van der Waals surface area (Å²) in [4.78, 5) is 4.27. The summed E-state index contributed by atoms with van der Waals surface area (Å²) in [5, 5.41) is 7.07. The number of aromatic nitrogens is 2. The second kappa shape index (κ2) is 6.26. The highest BCUT2D eigenvalue weighted by Crippen LogP contribution is 2.08. The molecule has 1 aromatic carbocycles. The van der Waals surface area contributed by atoms with E-state index in [1.807, 2.05) is 13.0 Å². The largest absolute Gasteiger partial charge is 0.339 e. The minimum atomic E-state index is -0.247. The molecule has 0 fully saturated rings. The van der Waals surface area contributed by atoms with Crippen molar-refractivity contribution in [1.29, 1.82) is 0 Å². The van der Waals surface area contributed by atoms with Crippen molar-refractivity contribution in [2.75, 3.05) is 13.1 Å². The van der Waals surface area contributed by atoms with Crippen LogP contribution in [0.1, 0.15) is 24.2 Å². The van der Waals surface area contributed by atoms with Crippen LogP contribution < -0.4 is 5.32 Å². The smallest absolute Gasteiger partial charge is 0.227 e. The third kappa shape index (κ3) is 3.63. The molecule has 0 saturated carbocycles. The van der Waals surface area contributed by atoms with Gasteiger partial charge >= 0.3 is 0 Å². The average molecular weight is 249 g/mol. The molecule has 96 valence electrons. The van der Waals surface area contributed by atoms with Crippen LogP contribution in [0.3, 0.4) is 0 Å². The highest BCUT2D eigenvalue weighted by Gasteiger charge is 2.07. The van der Waals surface area contributed by atoms with Crippen molar-refractivity contribution in [2.45, 2.75) is 19.8 Å². The van der Waals surface area contributed by atoms with Crippen LogP contribution in [0, 0.1) is 5.82 Å². The minimum absolute atomic E-state index is 0.247. The highest BCUT2D eigenvalue weighted by molar-refractivity contribution is 5.19. The Labute approximate surface area is 105 Å². The van der Waals surface area contributed by atoms with Crippen LogP contribution in [-0.4, -0.2) is 23.2 Å². The number of nitrogens with zero attached hydrogens (tertiary/aromatic N) is 2. The Kier molecular flexibility index (Phi) is 4.41. The van der Waals surface area contributed by atoms with E-state index in [4.69, 9.17) is 4.52 Å². The van der Waals surface area contributed by atoms with Crippen LogP contribution in [0.25, 0.3) is 0 Å². The fourth-order valence-electron chi connectivity index (χ4n) is 1.67. The molecule has 0 saturated heterocycles. The van der Waals surface area contributed by atoms with E-state index in [1.165, 1.54) is 12.1 Å². The number of halogens is 1. The maximum absolute atomic E-state index is 13.0. The fourth-order valence-corrected chi connectivity index (χ4v) is 1.67. The molecular formula is C13H16FN3O. The molecule has 2 rings (SSSR count). The topological polar surface area (TPSA) is 51.0 Å². The first kappa shape index (κ1) is 12.7.